The monoisotopic (exact) mass is 435 g/mol. The lowest BCUT2D eigenvalue weighted by Gasteiger charge is -2.31. The summed E-state index contributed by atoms with van der Waals surface area (Å²) in [6.07, 6.45) is 2.53. The van der Waals surface area contributed by atoms with Crippen molar-refractivity contribution in [2.24, 2.45) is 0 Å². The van der Waals surface area contributed by atoms with Gasteiger partial charge in [-0.15, -0.1) is 0 Å². The summed E-state index contributed by atoms with van der Waals surface area (Å²) in [7, 11) is -0.335. The van der Waals surface area contributed by atoms with Crippen LogP contribution in [0.1, 0.15) is 64.5 Å². The van der Waals surface area contributed by atoms with E-state index >= 15 is 0 Å². The molecule has 2 N–H and O–H groups in total. The quantitative estimate of drug-likeness (QED) is 0.363. The van der Waals surface area contributed by atoms with Crippen LogP contribution >= 0.6 is 0 Å². The Morgan fingerprint density at radius 2 is 0.903 bits per heavy atom. The Hall–Kier alpha value is -2.07. The second-order valence-corrected chi connectivity index (χ2v) is 10.2. The summed E-state index contributed by atoms with van der Waals surface area (Å²) < 4.78 is 0. The molecule has 0 fully saturated rings. The van der Waals surface area contributed by atoms with E-state index in [2.05, 4.69) is 60.7 Å². The van der Waals surface area contributed by atoms with E-state index in [-0.39, 0.29) is 10.9 Å². The predicted octanol–water partition coefficient (Wildman–Crippen LogP) is 6.80. The van der Waals surface area contributed by atoms with E-state index in [4.69, 9.17) is 0 Å². The summed E-state index contributed by atoms with van der Waals surface area (Å²) in [4.78, 5) is 3.58. The Balaban J connectivity index is 2.30. The largest absolute Gasteiger partial charge is 0.385 e. The molecule has 0 aromatic heterocycles. The van der Waals surface area contributed by atoms with Crippen LogP contribution in [-0.4, -0.2) is 10.2 Å². The molecule has 0 bridgehead atoms. The summed E-state index contributed by atoms with van der Waals surface area (Å²) >= 11 is 0. The molecule has 0 aliphatic carbocycles. The van der Waals surface area contributed by atoms with Gasteiger partial charge in [0.15, 0.2) is 14.7 Å². The van der Waals surface area contributed by atoms with Crippen molar-refractivity contribution in [3.8, 4) is 0 Å². The van der Waals surface area contributed by atoms with E-state index in [1.54, 1.807) is 0 Å². The third-order valence-electron chi connectivity index (χ3n) is 6.51. The average Bonchev–Trinajstić information content (AvgIpc) is 2.84. The number of hydrogen-bond donors (Lipinski definition) is 2. The van der Waals surface area contributed by atoms with Crippen LogP contribution in [0.2, 0.25) is 0 Å². The van der Waals surface area contributed by atoms with Crippen molar-refractivity contribution in [3.05, 3.63) is 90.0 Å². The highest BCUT2D eigenvalue weighted by molar-refractivity contribution is 7.97. The summed E-state index contributed by atoms with van der Waals surface area (Å²) in [5.41, 5.74) is -0.0187. The first-order chi connectivity index (χ1) is 14.9. The minimum atomic E-state index is -0.907. The molecule has 0 amide bonds. The van der Waals surface area contributed by atoms with Crippen molar-refractivity contribution >= 4 is 10.9 Å². The molecule has 2 nitrogen and oxygen atoms in total. The van der Waals surface area contributed by atoms with Gasteiger partial charge in [0.2, 0.25) is 0 Å². The molecular formula is C28H35O2S+. The molecule has 0 radical (unpaired) electrons. The lowest BCUT2D eigenvalue weighted by Crippen LogP contribution is -2.28. The van der Waals surface area contributed by atoms with Gasteiger partial charge in [-0.2, -0.15) is 0 Å². The molecule has 3 aromatic carbocycles. The minimum absolute atomic E-state index is 0.335. The minimum Gasteiger partial charge on any atom is -0.385 e. The van der Waals surface area contributed by atoms with Crippen LogP contribution in [0.15, 0.2) is 93.5 Å². The van der Waals surface area contributed by atoms with Gasteiger partial charge in [0.05, 0.1) is 22.1 Å². The zero-order chi connectivity index (χ0) is 22.5. The van der Waals surface area contributed by atoms with E-state index in [9.17, 15) is 10.2 Å². The van der Waals surface area contributed by atoms with Gasteiger partial charge in [0.1, 0.15) is 0 Å². The van der Waals surface area contributed by atoms with Crippen LogP contribution in [0.5, 0.6) is 0 Å². The molecule has 3 rings (SSSR count). The SMILES string of the molecule is CCC(O)(CC)c1cc([S+](c2ccccc2)c2ccccc2)cc(C(O)(CC)CC)c1. The van der Waals surface area contributed by atoms with Gasteiger partial charge in [-0.1, -0.05) is 64.1 Å². The van der Waals surface area contributed by atoms with E-state index < -0.39 is 11.2 Å². The van der Waals surface area contributed by atoms with E-state index in [0.29, 0.717) is 25.7 Å². The van der Waals surface area contributed by atoms with Crippen molar-refractivity contribution in [1.82, 2.24) is 0 Å². The van der Waals surface area contributed by atoms with Gasteiger partial charge in [-0.25, -0.2) is 0 Å². The maximum absolute atomic E-state index is 11.4. The van der Waals surface area contributed by atoms with E-state index in [1.165, 1.54) is 9.79 Å². The number of rotatable bonds is 9. The first-order valence-electron chi connectivity index (χ1n) is 11.4. The van der Waals surface area contributed by atoms with Crippen LogP contribution in [0.3, 0.4) is 0 Å². The predicted molar refractivity (Wildman–Crippen MR) is 130 cm³/mol. The van der Waals surface area contributed by atoms with Crippen molar-refractivity contribution in [2.45, 2.75) is 79.3 Å². The molecule has 0 spiro atoms. The van der Waals surface area contributed by atoms with Crippen LogP contribution < -0.4 is 0 Å². The fourth-order valence-corrected chi connectivity index (χ4v) is 6.26. The number of aliphatic hydroxyl groups is 2. The van der Waals surface area contributed by atoms with Crippen molar-refractivity contribution in [3.63, 3.8) is 0 Å². The van der Waals surface area contributed by atoms with Crippen molar-refractivity contribution < 1.29 is 10.2 Å². The second-order valence-electron chi connectivity index (χ2n) is 8.16. The summed E-state index contributed by atoms with van der Waals surface area (Å²) in [6.45, 7) is 8.09. The van der Waals surface area contributed by atoms with Crippen molar-refractivity contribution in [1.29, 1.82) is 0 Å². The van der Waals surface area contributed by atoms with Crippen LogP contribution in [0.25, 0.3) is 0 Å². The fraction of sp³-hybridized carbons (Fsp3) is 0.357. The van der Waals surface area contributed by atoms with Gasteiger partial charge in [0.25, 0.3) is 0 Å². The molecule has 0 saturated heterocycles. The molecule has 31 heavy (non-hydrogen) atoms. The lowest BCUT2D eigenvalue weighted by atomic mass is 9.83. The fourth-order valence-electron chi connectivity index (χ4n) is 4.09. The van der Waals surface area contributed by atoms with Gasteiger partial charge < -0.3 is 10.2 Å². The molecule has 0 heterocycles. The van der Waals surface area contributed by atoms with Crippen LogP contribution in [-0.2, 0) is 22.1 Å². The molecule has 3 heteroatoms. The number of hydrogen-bond acceptors (Lipinski definition) is 2. The van der Waals surface area contributed by atoms with Gasteiger partial charge in [-0.3, -0.25) is 0 Å². The highest BCUT2D eigenvalue weighted by Crippen LogP contribution is 2.39. The lowest BCUT2D eigenvalue weighted by molar-refractivity contribution is 0.0213. The maximum Gasteiger partial charge on any atom is 0.167 e. The molecule has 164 valence electrons. The maximum atomic E-state index is 11.4. The molecule has 0 aliphatic rings. The Bertz CT molecular complexity index is 885. The smallest absolute Gasteiger partial charge is 0.167 e. The van der Waals surface area contributed by atoms with Gasteiger partial charge in [0, 0.05) is 12.1 Å². The summed E-state index contributed by atoms with van der Waals surface area (Å²) in [5.74, 6) is 0. The van der Waals surface area contributed by atoms with Crippen LogP contribution in [0, 0.1) is 0 Å². The third-order valence-corrected chi connectivity index (χ3v) is 8.71. The van der Waals surface area contributed by atoms with Gasteiger partial charge in [-0.05, 0) is 67.1 Å². The molecular weight excluding hydrogens is 400 g/mol. The Morgan fingerprint density at radius 1 is 0.548 bits per heavy atom. The topological polar surface area (TPSA) is 40.5 Å². The molecule has 3 aromatic rings. The zero-order valence-electron chi connectivity index (χ0n) is 19.1. The Morgan fingerprint density at radius 3 is 1.23 bits per heavy atom. The van der Waals surface area contributed by atoms with Gasteiger partial charge >= 0.3 is 0 Å². The van der Waals surface area contributed by atoms with Crippen LogP contribution in [0.4, 0.5) is 0 Å². The molecule has 0 saturated carbocycles. The standard InChI is InChI=1S/C28H35O2S/c1-5-27(29,6-2)22-19-23(28(30,7-3)8-4)21-26(20-22)31(24-15-11-9-12-16-24)25-17-13-10-14-18-25/h9-21,29-30H,5-8H2,1-4H3/q+1. The normalized spacial score (nSPS) is 12.4. The first kappa shape index (κ1) is 23.6. The Kier molecular flexibility index (Phi) is 7.64. The zero-order valence-corrected chi connectivity index (χ0v) is 20.0. The highest BCUT2D eigenvalue weighted by Gasteiger charge is 2.36. The summed E-state index contributed by atoms with van der Waals surface area (Å²) in [5, 5.41) is 22.8. The number of benzene rings is 3. The molecule has 0 aliphatic heterocycles. The summed E-state index contributed by atoms with van der Waals surface area (Å²) in [6, 6.07) is 27.4. The first-order valence-corrected chi connectivity index (χ1v) is 12.6. The third kappa shape index (κ3) is 4.90. The second kappa shape index (κ2) is 10.0. The molecule has 0 unspecified atom stereocenters. The molecule has 0 atom stereocenters. The van der Waals surface area contributed by atoms with E-state index in [1.807, 2.05) is 45.9 Å². The average molecular weight is 436 g/mol. The van der Waals surface area contributed by atoms with E-state index in [0.717, 1.165) is 16.0 Å². The highest BCUT2D eigenvalue weighted by atomic mass is 32.2. The Labute approximate surface area is 190 Å². The van der Waals surface area contributed by atoms with Crippen molar-refractivity contribution in [2.75, 3.05) is 0 Å².